The van der Waals surface area contributed by atoms with Gasteiger partial charge in [-0.3, -0.25) is 4.79 Å². The van der Waals surface area contributed by atoms with E-state index in [-0.39, 0.29) is 12.0 Å². The van der Waals surface area contributed by atoms with Gasteiger partial charge in [-0.2, -0.15) is 0 Å². The molecule has 3 rings (SSSR count). The van der Waals surface area contributed by atoms with Gasteiger partial charge in [0.05, 0.1) is 26.0 Å². The van der Waals surface area contributed by atoms with Crippen molar-refractivity contribution >= 4 is 5.91 Å². The van der Waals surface area contributed by atoms with E-state index in [0.29, 0.717) is 31.1 Å². The lowest BCUT2D eigenvalue weighted by atomic mass is 10.1. The number of hydrogen-bond donors (Lipinski definition) is 1. The molecule has 0 spiro atoms. The number of carbonyl (C=O) groups is 1. The molecule has 1 atom stereocenters. The lowest BCUT2D eigenvalue weighted by Crippen LogP contribution is -2.27. The van der Waals surface area contributed by atoms with Gasteiger partial charge in [0, 0.05) is 6.54 Å². The summed E-state index contributed by atoms with van der Waals surface area (Å²) in [5.74, 6) is 0.532. The van der Waals surface area contributed by atoms with Gasteiger partial charge in [0.15, 0.2) is 5.69 Å². The van der Waals surface area contributed by atoms with E-state index in [9.17, 15) is 4.79 Å². The van der Waals surface area contributed by atoms with Crippen LogP contribution in [0.2, 0.25) is 0 Å². The van der Waals surface area contributed by atoms with Crippen LogP contribution in [0.3, 0.4) is 0 Å². The molecule has 0 unspecified atom stereocenters. The zero-order chi connectivity index (χ0) is 16.2. The van der Waals surface area contributed by atoms with Crippen LogP contribution in [0.1, 0.15) is 27.8 Å². The van der Waals surface area contributed by atoms with Crippen molar-refractivity contribution in [1.29, 1.82) is 0 Å². The number of aromatic nitrogens is 3. The van der Waals surface area contributed by atoms with Gasteiger partial charge in [-0.1, -0.05) is 23.4 Å². The second-order valence-electron chi connectivity index (χ2n) is 5.14. The number of rotatable bonds is 5. The highest BCUT2D eigenvalue weighted by Gasteiger charge is 2.27. The molecule has 0 radical (unpaired) electrons. The minimum atomic E-state index is -0.266. The summed E-state index contributed by atoms with van der Waals surface area (Å²) in [6, 6.07) is 7.71. The Bertz CT molecular complexity index is 709. The van der Waals surface area contributed by atoms with Crippen molar-refractivity contribution in [3.8, 4) is 5.75 Å². The van der Waals surface area contributed by atoms with Crippen molar-refractivity contribution in [3.63, 3.8) is 0 Å². The molecule has 0 saturated heterocycles. The van der Waals surface area contributed by atoms with Crippen LogP contribution in [0.5, 0.6) is 5.75 Å². The van der Waals surface area contributed by atoms with Gasteiger partial charge in [-0.15, -0.1) is 11.7 Å². The van der Waals surface area contributed by atoms with E-state index in [1.165, 1.54) is 0 Å². The Balaban J connectivity index is 1.75. The zero-order valence-corrected chi connectivity index (χ0v) is 12.9. The number of nitrogens with one attached hydrogen (secondary N) is 1. The van der Waals surface area contributed by atoms with Crippen molar-refractivity contribution in [3.05, 3.63) is 53.9 Å². The van der Waals surface area contributed by atoms with Crippen LogP contribution < -0.4 is 10.1 Å². The molecule has 0 fully saturated rings. The Kier molecular flexibility index (Phi) is 4.38. The van der Waals surface area contributed by atoms with Crippen LogP contribution in [-0.4, -0.2) is 34.6 Å². The number of amides is 1. The molecule has 0 bridgehead atoms. The SMILES string of the molecule is C=CCNC(=O)c1nnn2c1CO[C@H](c1ccc(OC)cc1)C2. The predicted octanol–water partition coefficient (Wildman–Crippen LogP) is 1.47. The second kappa shape index (κ2) is 6.62. The average Bonchev–Trinajstić information content (AvgIpc) is 3.03. The minimum absolute atomic E-state index is 0.126. The van der Waals surface area contributed by atoms with E-state index in [0.717, 1.165) is 11.3 Å². The third-order valence-electron chi connectivity index (χ3n) is 3.71. The van der Waals surface area contributed by atoms with Gasteiger partial charge in [-0.05, 0) is 17.7 Å². The zero-order valence-electron chi connectivity index (χ0n) is 12.9. The van der Waals surface area contributed by atoms with Crippen LogP contribution in [0.15, 0.2) is 36.9 Å². The van der Waals surface area contributed by atoms with Crippen LogP contribution in [0.25, 0.3) is 0 Å². The normalized spacial score (nSPS) is 16.5. The summed E-state index contributed by atoms with van der Waals surface area (Å²) in [6.45, 7) is 4.77. The molecule has 2 aromatic rings. The number of benzene rings is 1. The van der Waals surface area contributed by atoms with Crippen molar-refractivity contribution in [2.45, 2.75) is 19.3 Å². The first-order chi connectivity index (χ1) is 11.2. The summed E-state index contributed by atoms with van der Waals surface area (Å²) in [6.07, 6.45) is 1.49. The number of carbonyl (C=O) groups excluding carboxylic acids is 1. The van der Waals surface area contributed by atoms with Gasteiger partial charge >= 0.3 is 0 Å². The van der Waals surface area contributed by atoms with Gasteiger partial charge in [0.1, 0.15) is 11.9 Å². The molecule has 1 aliphatic heterocycles. The first-order valence-electron chi connectivity index (χ1n) is 7.30. The molecule has 120 valence electrons. The first-order valence-corrected chi connectivity index (χ1v) is 7.30. The van der Waals surface area contributed by atoms with Crippen LogP contribution in [-0.2, 0) is 17.9 Å². The van der Waals surface area contributed by atoms with Crippen molar-refractivity contribution < 1.29 is 14.3 Å². The summed E-state index contributed by atoms with van der Waals surface area (Å²) in [5.41, 5.74) is 2.03. The smallest absolute Gasteiger partial charge is 0.274 e. The van der Waals surface area contributed by atoms with Crippen molar-refractivity contribution in [2.75, 3.05) is 13.7 Å². The van der Waals surface area contributed by atoms with Gasteiger partial charge < -0.3 is 14.8 Å². The third kappa shape index (κ3) is 3.09. The number of ether oxygens (including phenoxy) is 2. The quantitative estimate of drug-likeness (QED) is 0.846. The lowest BCUT2D eigenvalue weighted by Gasteiger charge is -2.24. The maximum atomic E-state index is 12.0. The van der Waals surface area contributed by atoms with Crippen molar-refractivity contribution in [2.24, 2.45) is 0 Å². The van der Waals surface area contributed by atoms with Gasteiger partial charge in [0.25, 0.3) is 5.91 Å². The van der Waals surface area contributed by atoms with Crippen LogP contribution in [0, 0.1) is 0 Å². The molecule has 0 aliphatic carbocycles. The molecule has 7 heteroatoms. The van der Waals surface area contributed by atoms with Gasteiger partial charge in [0.2, 0.25) is 0 Å². The Hall–Kier alpha value is -2.67. The molecule has 1 N–H and O–H groups in total. The van der Waals surface area contributed by atoms with E-state index in [4.69, 9.17) is 9.47 Å². The summed E-state index contributed by atoms with van der Waals surface area (Å²) in [4.78, 5) is 12.0. The number of nitrogens with zero attached hydrogens (tertiary/aromatic N) is 3. The van der Waals surface area contributed by atoms with Crippen molar-refractivity contribution in [1.82, 2.24) is 20.3 Å². The Morgan fingerprint density at radius 3 is 3.00 bits per heavy atom. The summed E-state index contributed by atoms with van der Waals surface area (Å²) >= 11 is 0. The fraction of sp³-hybridized carbons (Fsp3) is 0.312. The maximum absolute atomic E-state index is 12.0. The topological polar surface area (TPSA) is 78.3 Å². The maximum Gasteiger partial charge on any atom is 0.274 e. The monoisotopic (exact) mass is 314 g/mol. The Labute approximate surface area is 133 Å². The average molecular weight is 314 g/mol. The fourth-order valence-corrected chi connectivity index (χ4v) is 2.46. The van der Waals surface area contributed by atoms with E-state index >= 15 is 0 Å². The molecule has 1 aromatic heterocycles. The van der Waals surface area contributed by atoms with Crippen LogP contribution in [0.4, 0.5) is 0 Å². The molecular formula is C16H18N4O3. The Morgan fingerprint density at radius 1 is 1.52 bits per heavy atom. The molecule has 23 heavy (non-hydrogen) atoms. The standard InChI is InChI=1S/C16H18N4O3/c1-3-8-17-16(21)15-13-10-23-14(9-20(13)19-18-15)11-4-6-12(22-2)7-5-11/h3-7,14H,1,8-10H2,2H3,(H,17,21)/t14-/m0/s1. The molecule has 1 aromatic carbocycles. The second-order valence-corrected chi connectivity index (χ2v) is 5.14. The van der Waals surface area contributed by atoms with Crippen LogP contribution >= 0.6 is 0 Å². The molecule has 1 aliphatic rings. The highest BCUT2D eigenvalue weighted by atomic mass is 16.5. The molecular weight excluding hydrogens is 296 g/mol. The summed E-state index contributed by atoms with van der Waals surface area (Å²) < 4.78 is 12.8. The lowest BCUT2D eigenvalue weighted by molar-refractivity contribution is -0.00178. The van der Waals surface area contributed by atoms with E-state index < -0.39 is 0 Å². The number of methoxy groups -OCH3 is 1. The summed E-state index contributed by atoms with van der Waals surface area (Å²) in [5, 5.41) is 10.7. The van der Waals surface area contributed by atoms with E-state index in [1.54, 1.807) is 17.9 Å². The van der Waals surface area contributed by atoms with E-state index in [2.05, 4.69) is 22.2 Å². The molecule has 0 saturated carbocycles. The first kappa shape index (κ1) is 15.2. The highest BCUT2D eigenvalue weighted by Crippen LogP contribution is 2.28. The third-order valence-corrected chi connectivity index (χ3v) is 3.71. The fourth-order valence-electron chi connectivity index (χ4n) is 2.46. The Morgan fingerprint density at radius 2 is 2.30 bits per heavy atom. The van der Waals surface area contributed by atoms with Gasteiger partial charge in [-0.25, -0.2) is 4.68 Å². The number of fused-ring (bicyclic) bond motifs is 1. The van der Waals surface area contributed by atoms with E-state index in [1.807, 2.05) is 24.3 Å². The highest BCUT2D eigenvalue weighted by molar-refractivity contribution is 5.93. The predicted molar refractivity (Wildman–Crippen MR) is 83.1 cm³/mol. The molecule has 7 nitrogen and oxygen atoms in total. The minimum Gasteiger partial charge on any atom is -0.497 e. The number of hydrogen-bond acceptors (Lipinski definition) is 5. The summed E-state index contributed by atoms with van der Waals surface area (Å²) in [7, 11) is 1.63. The largest absolute Gasteiger partial charge is 0.497 e. The molecule has 2 heterocycles. The molecule has 1 amide bonds.